The number of furan rings is 1. The third-order valence-electron chi connectivity index (χ3n) is 5.15. The largest absolute Gasteiger partial charge is 0.469 e. The van der Waals surface area contributed by atoms with Crippen LogP contribution in [0, 0.1) is 5.92 Å². The Morgan fingerprint density at radius 3 is 3.00 bits per heavy atom. The van der Waals surface area contributed by atoms with Crippen LogP contribution < -0.4 is 0 Å². The molecular weight excluding hydrogens is 320 g/mol. The number of hydrogen-bond donors (Lipinski definition) is 0. The SMILES string of the molecule is O=C(C1CC1c1ccco1)N1CCCC1c1nc2ccccc2s1. The molecule has 4 nitrogen and oxygen atoms in total. The van der Waals surface area contributed by atoms with Gasteiger partial charge < -0.3 is 9.32 Å². The first-order valence-corrected chi connectivity index (χ1v) is 9.32. The van der Waals surface area contributed by atoms with Crippen LogP contribution in [-0.4, -0.2) is 22.3 Å². The maximum absolute atomic E-state index is 13.0. The molecule has 3 heterocycles. The zero-order valence-electron chi connectivity index (χ0n) is 13.2. The van der Waals surface area contributed by atoms with Gasteiger partial charge in [0.05, 0.1) is 22.5 Å². The lowest BCUT2D eigenvalue weighted by molar-refractivity contribution is -0.133. The van der Waals surface area contributed by atoms with Gasteiger partial charge in [0.15, 0.2) is 0 Å². The van der Waals surface area contributed by atoms with E-state index in [0.717, 1.165) is 42.1 Å². The van der Waals surface area contributed by atoms with E-state index in [4.69, 9.17) is 9.40 Å². The van der Waals surface area contributed by atoms with Gasteiger partial charge in [-0.05, 0) is 43.5 Å². The number of thiazole rings is 1. The Hall–Kier alpha value is -2.14. The third kappa shape index (κ3) is 2.26. The topological polar surface area (TPSA) is 46.3 Å². The molecule has 0 spiro atoms. The highest BCUT2D eigenvalue weighted by atomic mass is 32.1. The second-order valence-corrected chi connectivity index (χ2v) is 7.74. The van der Waals surface area contributed by atoms with Crippen LogP contribution in [0.1, 0.15) is 42.0 Å². The molecule has 3 aromatic rings. The van der Waals surface area contributed by atoms with Gasteiger partial charge in [0.2, 0.25) is 5.91 Å². The highest BCUT2D eigenvalue weighted by molar-refractivity contribution is 7.18. The first-order valence-electron chi connectivity index (χ1n) is 8.50. The fourth-order valence-electron chi connectivity index (χ4n) is 3.82. The normalized spacial score (nSPS) is 26.2. The Bertz CT molecular complexity index is 853. The van der Waals surface area contributed by atoms with E-state index >= 15 is 0 Å². The van der Waals surface area contributed by atoms with Crippen molar-refractivity contribution in [3.05, 3.63) is 53.4 Å². The average Bonchev–Trinajstić information content (AvgIpc) is 3.06. The van der Waals surface area contributed by atoms with Crippen molar-refractivity contribution in [1.82, 2.24) is 9.88 Å². The summed E-state index contributed by atoms with van der Waals surface area (Å²) in [6.45, 7) is 0.848. The van der Waals surface area contributed by atoms with Crippen molar-refractivity contribution in [3.63, 3.8) is 0 Å². The maximum Gasteiger partial charge on any atom is 0.227 e. The number of carbonyl (C=O) groups excluding carboxylic acids is 1. The molecule has 0 bridgehead atoms. The first-order chi connectivity index (χ1) is 11.8. The second-order valence-electron chi connectivity index (χ2n) is 6.67. The van der Waals surface area contributed by atoms with Crippen LogP contribution in [0.15, 0.2) is 47.1 Å². The molecule has 3 unspecified atom stereocenters. The molecule has 3 atom stereocenters. The number of nitrogens with zero attached hydrogens (tertiary/aromatic N) is 2. The smallest absolute Gasteiger partial charge is 0.227 e. The molecule has 24 heavy (non-hydrogen) atoms. The zero-order chi connectivity index (χ0) is 16.1. The Kier molecular flexibility index (Phi) is 3.23. The third-order valence-corrected chi connectivity index (χ3v) is 6.29. The summed E-state index contributed by atoms with van der Waals surface area (Å²) in [6.07, 6.45) is 4.68. The van der Waals surface area contributed by atoms with E-state index in [0.29, 0.717) is 0 Å². The minimum absolute atomic E-state index is 0.0890. The lowest BCUT2D eigenvalue weighted by Crippen LogP contribution is -2.32. The van der Waals surface area contributed by atoms with Crippen LogP contribution in [0.3, 0.4) is 0 Å². The summed E-state index contributed by atoms with van der Waals surface area (Å²) in [4.78, 5) is 19.8. The van der Waals surface area contributed by atoms with Crippen LogP contribution in [0.4, 0.5) is 0 Å². The Morgan fingerprint density at radius 2 is 2.17 bits per heavy atom. The Balaban J connectivity index is 1.38. The quantitative estimate of drug-likeness (QED) is 0.713. The van der Waals surface area contributed by atoms with Crippen LogP contribution in [0.2, 0.25) is 0 Å². The van der Waals surface area contributed by atoms with Crippen molar-refractivity contribution in [2.75, 3.05) is 6.54 Å². The molecule has 5 rings (SSSR count). The fourth-order valence-corrected chi connectivity index (χ4v) is 4.93. The summed E-state index contributed by atoms with van der Waals surface area (Å²) >= 11 is 1.72. The lowest BCUT2D eigenvalue weighted by atomic mass is 10.2. The minimum Gasteiger partial charge on any atom is -0.469 e. The van der Waals surface area contributed by atoms with Gasteiger partial charge in [0, 0.05) is 18.4 Å². The van der Waals surface area contributed by atoms with Gasteiger partial charge in [-0.15, -0.1) is 11.3 Å². The van der Waals surface area contributed by atoms with Crippen molar-refractivity contribution < 1.29 is 9.21 Å². The standard InChI is InChI=1S/C19H18N2O2S/c22-19(13-11-12(13)16-7-4-10-23-16)21-9-3-6-15(21)18-20-14-5-1-2-8-17(14)24-18/h1-2,4-5,7-8,10,12-13,15H,3,6,9,11H2. The molecule has 1 aromatic carbocycles. The van der Waals surface area contributed by atoms with Crippen molar-refractivity contribution in [2.45, 2.75) is 31.2 Å². The summed E-state index contributed by atoms with van der Waals surface area (Å²) in [6, 6.07) is 12.2. The molecule has 1 saturated heterocycles. The van der Waals surface area contributed by atoms with Gasteiger partial charge >= 0.3 is 0 Å². The summed E-state index contributed by atoms with van der Waals surface area (Å²) in [5, 5.41) is 1.08. The molecule has 5 heteroatoms. The zero-order valence-corrected chi connectivity index (χ0v) is 14.0. The van der Waals surface area contributed by atoms with E-state index in [1.807, 2.05) is 30.3 Å². The second kappa shape index (κ2) is 5.45. The van der Waals surface area contributed by atoms with Gasteiger partial charge in [0.1, 0.15) is 10.8 Å². The first kappa shape index (κ1) is 14.2. The van der Waals surface area contributed by atoms with Gasteiger partial charge in [-0.2, -0.15) is 0 Å². The van der Waals surface area contributed by atoms with Crippen LogP contribution in [0.5, 0.6) is 0 Å². The van der Waals surface area contributed by atoms with E-state index in [1.54, 1.807) is 17.6 Å². The summed E-state index contributed by atoms with van der Waals surface area (Å²) < 4.78 is 6.67. The molecule has 1 saturated carbocycles. The lowest BCUT2D eigenvalue weighted by Gasteiger charge is -2.23. The maximum atomic E-state index is 13.0. The number of carbonyl (C=O) groups is 1. The summed E-state index contributed by atoms with van der Waals surface area (Å²) in [5.74, 6) is 1.58. The minimum atomic E-state index is 0.0890. The fraction of sp³-hybridized carbons (Fsp3) is 0.368. The van der Waals surface area contributed by atoms with Crippen LogP contribution in [-0.2, 0) is 4.79 Å². The summed E-state index contributed by atoms with van der Waals surface area (Å²) in [5.41, 5.74) is 1.04. The number of hydrogen-bond acceptors (Lipinski definition) is 4. The van der Waals surface area contributed by atoms with Gasteiger partial charge in [-0.3, -0.25) is 4.79 Å². The van der Waals surface area contributed by atoms with Gasteiger partial charge in [-0.25, -0.2) is 4.98 Å². The predicted molar refractivity (Wildman–Crippen MR) is 92.9 cm³/mol. The monoisotopic (exact) mass is 338 g/mol. The highest BCUT2D eigenvalue weighted by Gasteiger charge is 2.49. The average molecular weight is 338 g/mol. The summed E-state index contributed by atoms with van der Waals surface area (Å²) in [7, 11) is 0. The highest BCUT2D eigenvalue weighted by Crippen LogP contribution is 2.50. The molecule has 0 radical (unpaired) electrons. The Morgan fingerprint density at radius 1 is 1.25 bits per heavy atom. The van der Waals surface area contributed by atoms with Crippen LogP contribution >= 0.6 is 11.3 Å². The van der Waals surface area contributed by atoms with E-state index in [9.17, 15) is 4.79 Å². The molecule has 2 aliphatic rings. The molecule has 1 amide bonds. The number of para-hydroxylation sites is 1. The molecule has 1 aliphatic carbocycles. The van der Waals surface area contributed by atoms with Crippen LogP contribution in [0.25, 0.3) is 10.2 Å². The molecule has 1 aliphatic heterocycles. The van der Waals surface area contributed by atoms with Gasteiger partial charge in [-0.1, -0.05) is 12.1 Å². The van der Waals surface area contributed by atoms with Gasteiger partial charge in [0.25, 0.3) is 0 Å². The number of amides is 1. The number of aromatic nitrogens is 1. The predicted octanol–water partition coefficient (Wildman–Crippen LogP) is 4.36. The van der Waals surface area contributed by atoms with Crippen molar-refractivity contribution >= 4 is 27.5 Å². The molecule has 122 valence electrons. The van der Waals surface area contributed by atoms with Crippen molar-refractivity contribution in [2.24, 2.45) is 5.92 Å². The van der Waals surface area contributed by atoms with E-state index in [2.05, 4.69) is 11.0 Å². The Labute approximate surface area is 144 Å². The molecule has 2 fully saturated rings. The van der Waals surface area contributed by atoms with E-state index in [1.165, 1.54) is 4.70 Å². The number of fused-ring (bicyclic) bond motifs is 1. The molecule has 0 N–H and O–H groups in total. The number of benzene rings is 1. The van der Waals surface area contributed by atoms with E-state index in [-0.39, 0.29) is 23.8 Å². The van der Waals surface area contributed by atoms with Crippen molar-refractivity contribution in [3.8, 4) is 0 Å². The molecule has 2 aromatic heterocycles. The molecular formula is C19H18N2O2S. The van der Waals surface area contributed by atoms with E-state index < -0.39 is 0 Å². The number of rotatable bonds is 3. The number of likely N-dealkylation sites (tertiary alicyclic amines) is 1. The van der Waals surface area contributed by atoms with Crippen molar-refractivity contribution in [1.29, 1.82) is 0 Å².